The van der Waals surface area contributed by atoms with E-state index < -0.39 is 6.23 Å². The van der Waals surface area contributed by atoms with E-state index in [2.05, 4.69) is 40.8 Å². The van der Waals surface area contributed by atoms with Crippen LogP contribution in [0.5, 0.6) is 0 Å². The second-order valence-electron chi connectivity index (χ2n) is 10.9. The molecular formula is C30H39N5O2S. The molecule has 3 aliphatic rings. The first-order valence-corrected chi connectivity index (χ1v) is 15.2. The third kappa shape index (κ3) is 5.50. The second-order valence-corrected chi connectivity index (χ2v) is 12.2. The SMILES string of the molecule is O=c1c2c(nc(SC3CCC3)n1C1=CCCCC1)CCN(C(O)CCNCCc1c[nH]c3ccccc13)C2. The molecule has 1 atom stereocenters. The third-order valence-corrected chi connectivity index (χ3v) is 9.64. The van der Waals surface area contributed by atoms with E-state index in [4.69, 9.17) is 4.98 Å². The average Bonchev–Trinajstić information content (AvgIpc) is 3.34. The van der Waals surface area contributed by atoms with Gasteiger partial charge in [0.2, 0.25) is 0 Å². The van der Waals surface area contributed by atoms with Crippen LogP contribution < -0.4 is 10.9 Å². The summed E-state index contributed by atoms with van der Waals surface area (Å²) in [4.78, 5) is 24.3. The molecule has 1 unspecified atom stereocenters. The van der Waals surface area contributed by atoms with Gasteiger partial charge in [-0.05, 0) is 76.1 Å². The monoisotopic (exact) mass is 533 g/mol. The summed E-state index contributed by atoms with van der Waals surface area (Å²) in [6.07, 6.45) is 14.0. The van der Waals surface area contributed by atoms with Gasteiger partial charge >= 0.3 is 0 Å². The number of hydrogen-bond acceptors (Lipinski definition) is 6. The maximum absolute atomic E-state index is 13.8. The Morgan fingerprint density at radius 3 is 2.87 bits per heavy atom. The van der Waals surface area contributed by atoms with Crippen LogP contribution in [-0.4, -0.2) is 55.7 Å². The number of aliphatic hydroxyl groups is 1. The van der Waals surface area contributed by atoms with Gasteiger partial charge in [0.05, 0.1) is 11.3 Å². The lowest BCUT2D eigenvalue weighted by Gasteiger charge is -2.33. The summed E-state index contributed by atoms with van der Waals surface area (Å²) in [6.45, 7) is 2.80. The van der Waals surface area contributed by atoms with E-state index in [-0.39, 0.29) is 5.56 Å². The first-order chi connectivity index (χ1) is 18.7. The van der Waals surface area contributed by atoms with Crippen molar-refractivity contribution >= 4 is 28.4 Å². The number of allylic oxidation sites excluding steroid dienone is 2. The molecule has 1 fully saturated rings. The molecule has 1 saturated carbocycles. The number of aromatic amines is 1. The van der Waals surface area contributed by atoms with Crippen LogP contribution in [-0.2, 0) is 19.4 Å². The maximum atomic E-state index is 13.8. The van der Waals surface area contributed by atoms with E-state index in [1.165, 1.54) is 42.1 Å². The number of nitrogens with one attached hydrogen (secondary N) is 2. The second kappa shape index (κ2) is 11.8. The van der Waals surface area contributed by atoms with E-state index in [0.29, 0.717) is 24.6 Å². The van der Waals surface area contributed by atoms with Crippen LogP contribution in [0.1, 0.15) is 68.2 Å². The molecule has 8 heteroatoms. The highest BCUT2D eigenvalue weighted by Gasteiger charge is 2.29. The fraction of sp³-hybridized carbons (Fsp3) is 0.533. The lowest BCUT2D eigenvalue weighted by molar-refractivity contribution is -0.0118. The van der Waals surface area contributed by atoms with Crippen molar-refractivity contribution in [2.75, 3.05) is 19.6 Å². The molecule has 3 aromatic rings. The summed E-state index contributed by atoms with van der Waals surface area (Å²) in [6, 6.07) is 8.38. The standard InChI is InChI=1S/C30H39N5O2S/c36-28(14-17-31-16-13-21-19-32-26-12-5-4-11-24(21)26)34-18-15-27-25(20-34)29(37)35(22-7-2-1-3-8-22)30(33-27)38-23-9-6-10-23/h4-5,7,11-12,19,23,28,31-32,36H,1-3,6,8-10,13-18,20H2. The number of rotatable bonds is 10. The largest absolute Gasteiger partial charge is 0.378 e. The number of aliphatic hydroxyl groups excluding tert-OH is 1. The molecule has 6 rings (SSSR count). The molecule has 0 radical (unpaired) electrons. The Bertz CT molecular complexity index is 1360. The minimum atomic E-state index is -0.575. The van der Waals surface area contributed by atoms with Crippen molar-refractivity contribution in [3.05, 3.63) is 63.7 Å². The zero-order valence-corrected chi connectivity index (χ0v) is 22.9. The normalized spacial score (nSPS) is 19.2. The van der Waals surface area contributed by atoms with Crippen molar-refractivity contribution in [1.29, 1.82) is 0 Å². The summed E-state index contributed by atoms with van der Waals surface area (Å²) < 4.78 is 1.92. The molecule has 1 aromatic carbocycles. The highest BCUT2D eigenvalue weighted by Crippen LogP contribution is 2.37. The molecule has 202 valence electrons. The van der Waals surface area contributed by atoms with Crippen LogP contribution in [0.4, 0.5) is 0 Å². The number of aromatic nitrogens is 3. The zero-order chi connectivity index (χ0) is 25.9. The number of para-hydroxylation sites is 1. The molecule has 0 saturated heterocycles. The summed E-state index contributed by atoms with van der Waals surface area (Å²) in [5.74, 6) is 0. The van der Waals surface area contributed by atoms with Crippen molar-refractivity contribution < 1.29 is 5.11 Å². The van der Waals surface area contributed by atoms with Crippen LogP contribution in [0.15, 0.2) is 46.5 Å². The molecule has 38 heavy (non-hydrogen) atoms. The van der Waals surface area contributed by atoms with Crippen molar-refractivity contribution in [1.82, 2.24) is 24.8 Å². The van der Waals surface area contributed by atoms with Gasteiger partial charge < -0.3 is 15.4 Å². The van der Waals surface area contributed by atoms with Gasteiger partial charge in [-0.15, -0.1) is 0 Å². The maximum Gasteiger partial charge on any atom is 0.263 e. The smallest absolute Gasteiger partial charge is 0.263 e. The van der Waals surface area contributed by atoms with Gasteiger partial charge in [-0.25, -0.2) is 4.98 Å². The lowest BCUT2D eigenvalue weighted by atomic mass is 10.0. The van der Waals surface area contributed by atoms with Crippen LogP contribution in [0.25, 0.3) is 16.6 Å². The van der Waals surface area contributed by atoms with Crippen molar-refractivity contribution in [2.45, 2.75) is 87.4 Å². The molecule has 1 aliphatic heterocycles. The minimum absolute atomic E-state index is 0.0822. The van der Waals surface area contributed by atoms with Gasteiger partial charge in [-0.3, -0.25) is 14.3 Å². The molecule has 3 N–H and O–H groups in total. The third-order valence-electron chi connectivity index (χ3n) is 8.35. The Morgan fingerprint density at radius 2 is 2.05 bits per heavy atom. The highest BCUT2D eigenvalue weighted by atomic mass is 32.2. The molecule has 0 bridgehead atoms. The van der Waals surface area contributed by atoms with Crippen LogP contribution in [0.2, 0.25) is 0 Å². The van der Waals surface area contributed by atoms with Gasteiger partial charge in [0.15, 0.2) is 5.16 Å². The number of H-pyrrole nitrogens is 1. The minimum Gasteiger partial charge on any atom is -0.378 e. The van der Waals surface area contributed by atoms with E-state index in [0.717, 1.165) is 67.4 Å². The number of hydrogen-bond donors (Lipinski definition) is 3. The lowest BCUT2D eigenvalue weighted by Crippen LogP contribution is -2.44. The molecule has 2 aromatic heterocycles. The summed E-state index contributed by atoms with van der Waals surface area (Å²) >= 11 is 1.80. The van der Waals surface area contributed by atoms with E-state index in [1.54, 1.807) is 11.8 Å². The van der Waals surface area contributed by atoms with Gasteiger partial charge in [-0.2, -0.15) is 0 Å². The first kappa shape index (κ1) is 25.9. The predicted molar refractivity (Wildman–Crippen MR) is 154 cm³/mol. The zero-order valence-electron chi connectivity index (χ0n) is 22.1. The predicted octanol–water partition coefficient (Wildman–Crippen LogP) is 4.68. The quantitative estimate of drug-likeness (QED) is 0.259. The Hall–Kier alpha value is -2.39. The molecule has 7 nitrogen and oxygen atoms in total. The Morgan fingerprint density at radius 1 is 1.16 bits per heavy atom. The van der Waals surface area contributed by atoms with E-state index >= 15 is 0 Å². The number of nitrogens with zero attached hydrogens (tertiary/aromatic N) is 3. The number of benzene rings is 1. The summed E-state index contributed by atoms with van der Waals surface area (Å²) in [7, 11) is 0. The highest BCUT2D eigenvalue weighted by molar-refractivity contribution is 7.99. The number of fused-ring (bicyclic) bond motifs is 2. The van der Waals surface area contributed by atoms with Crippen molar-refractivity contribution in [3.63, 3.8) is 0 Å². The summed E-state index contributed by atoms with van der Waals surface area (Å²) in [5, 5.41) is 17.2. The Kier molecular flexibility index (Phi) is 8.02. The topological polar surface area (TPSA) is 86.2 Å². The van der Waals surface area contributed by atoms with Crippen LogP contribution in [0.3, 0.4) is 0 Å². The summed E-state index contributed by atoms with van der Waals surface area (Å²) in [5.41, 5.74) is 5.39. The molecular weight excluding hydrogens is 494 g/mol. The van der Waals surface area contributed by atoms with Crippen molar-refractivity contribution in [3.8, 4) is 0 Å². The van der Waals surface area contributed by atoms with Crippen molar-refractivity contribution in [2.24, 2.45) is 0 Å². The molecule has 0 amide bonds. The molecule has 3 heterocycles. The van der Waals surface area contributed by atoms with Gasteiger partial charge in [0.1, 0.15) is 6.23 Å². The van der Waals surface area contributed by atoms with E-state index in [1.807, 2.05) is 15.5 Å². The molecule has 0 spiro atoms. The number of thioether (sulfide) groups is 1. The van der Waals surface area contributed by atoms with Gasteiger partial charge in [0, 0.05) is 47.6 Å². The fourth-order valence-corrected chi connectivity index (χ4v) is 7.16. The van der Waals surface area contributed by atoms with Crippen LogP contribution in [0, 0.1) is 0 Å². The van der Waals surface area contributed by atoms with Gasteiger partial charge in [-0.1, -0.05) is 42.5 Å². The Labute approximate surface area is 228 Å². The average molecular weight is 534 g/mol. The molecule has 2 aliphatic carbocycles. The Balaban J connectivity index is 1.08. The first-order valence-electron chi connectivity index (χ1n) is 14.4. The van der Waals surface area contributed by atoms with E-state index in [9.17, 15) is 9.90 Å². The van der Waals surface area contributed by atoms with Crippen LogP contribution >= 0.6 is 11.8 Å². The van der Waals surface area contributed by atoms with Gasteiger partial charge in [0.25, 0.3) is 5.56 Å². The fourth-order valence-electron chi connectivity index (χ4n) is 5.82.